The van der Waals surface area contributed by atoms with E-state index in [1.54, 1.807) is 0 Å². The van der Waals surface area contributed by atoms with Gasteiger partial charge >= 0.3 is 5.97 Å². The first-order valence-corrected chi connectivity index (χ1v) is 34.2. The molecule has 0 saturated carbocycles. The first-order chi connectivity index (χ1) is 38.9. The molecule has 1 N–H and O–H groups in total. The quantitative estimate of drug-likeness (QED) is 0.0212. The predicted molar refractivity (Wildman–Crippen MR) is 344 cm³/mol. The number of phosphoric acid groups is 1. The summed E-state index contributed by atoms with van der Waals surface area (Å²) in [4.78, 5) is 40.1. The van der Waals surface area contributed by atoms with Crippen LogP contribution in [0.1, 0.15) is 271 Å². The van der Waals surface area contributed by atoms with Crippen LogP contribution in [0.15, 0.2) is 109 Å². The molecule has 0 bridgehead atoms. The zero-order valence-corrected chi connectivity index (χ0v) is 53.4. The minimum Gasteiger partial charge on any atom is -0.756 e. The highest BCUT2D eigenvalue weighted by atomic mass is 31.2. The van der Waals surface area contributed by atoms with E-state index in [1.807, 2.05) is 33.3 Å². The number of quaternary nitrogens is 1. The third-order valence-electron chi connectivity index (χ3n) is 13.9. The molecule has 0 aromatic heterocycles. The van der Waals surface area contributed by atoms with Crippen LogP contribution in [0.4, 0.5) is 0 Å². The number of amides is 1. The second-order valence-corrected chi connectivity index (χ2v) is 24.3. The van der Waals surface area contributed by atoms with Crippen LogP contribution >= 0.6 is 7.82 Å². The largest absolute Gasteiger partial charge is 0.756 e. The Bertz CT molecular complexity index is 1740. The number of hydrogen-bond acceptors (Lipinski definition) is 7. The van der Waals surface area contributed by atoms with Gasteiger partial charge in [0.1, 0.15) is 19.3 Å². The lowest BCUT2D eigenvalue weighted by Crippen LogP contribution is -2.47. The minimum absolute atomic E-state index is 0.0354. The zero-order chi connectivity index (χ0) is 58.6. The van der Waals surface area contributed by atoms with Gasteiger partial charge in [0.25, 0.3) is 7.82 Å². The van der Waals surface area contributed by atoms with Crippen LogP contribution in [-0.2, 0) is 27.9 Å². The number of likely N-dealkylation sites (N-methyl/N-ethyl adjacent to an activating group) is 1. The Hall–Kier alpha value is -3.33. The minimum atomic E-state index is -4.72. The molecule has 9 nitrogen and oxygen atoms in total. The van der Waals surface area contributed by atoms with Gasteiger partial charge < -0.3 is 28.5 Å². The Kier molecular flexibility index (Phi) is 56.4. The van der Waals surface area contributed by atoms with Crippen LogP contribution in [0.25, 0.3) is 0 Å². The van der Waals surface area contributed by atoms with Crippen LogP contribution in [-0.4, -0.2) is 69.4 Å². The van der Waals surface area contributed by atoms with Crippen molar-refractivity contribution < 1.29 is 37.3 Å². The molecular weight excluding hydrogens is 1010 g/mol. The SMILES string of the molecule is CCCCC/C=C\C/C=C\C/C=C\C/C=C\CCCCCCCCCC(=O)NC(COP(=O)([O-])OCC[N+](C)(C)C)C(/C=C\CCCCCCCCCCCC)OC(=O)CCCCC/C=C\C/C=C\C/C=C\C/C=C\CCCCC. The highest BCUT2D eigenvalue weighted by Crippen LogP contribution is 2.38. The van der Waals surface area contributed by atoms with Crippen molar-refractivity contribution in [2.24, 2.45) is 0 Å². The second kappa shape index (κ2) is 58.9. The van der Waals surface area contributed by atoms with Crippen molar-refractivity contribution in [3.05, 3.63) is 109 Å². The third-order valence-corrected chi connectivity index (χ3v) is 14.9. The van der Waals surface area contributed by atoms with E-state index < -0.39 is 26.6 Å². The Morgan fingerprint density at radius 3 is 1.18 bits per heavy atom. The van der Waals surface area contributed by atoms with Crippen molar-refractivity contribution in [2.75, 3.05) is 40.9 Å². The Labute approximate surface area is 493 Å². The summed E-state index contributed by atoms with van der Waals surface area (Å²) in [5.41, 5.74) is 0. The lowest BCUT2D eigenvalue weighted by molar-refractivity contribution is -0.870. The van der Waals surface area contributed by atoms with E-state index in [0.717, 1.165) is 109 Å². The molecular formula is C70H123N2O7P. The standard InChI is InChI=1S/C70H123N2O7P/c1-7-10-13-16-19-22-25-28-30-32-34-35-36-37-39-40-42-44-47-50-53-56-59-62-69(73)71-67(66-78-80(75,76)77-65-64-72(4,5)6)68(61-58-55-52-49-46-27-24-21-18-15-12-9-3)79-70(74)63-60-57-54-51-48-45-43-41-38-33-31-29-26-23-20-17-14-11-8-2/h19-20,22-23,28-31,34-35,37-39,41,45,48,58,61,67-68H,7-18,21,24-27,32-33,36,40,42-44,46-47,49-57,59-60,62-66H2,1-6H3,(H-,71,73,75,76)/b22-19-,23-20-,30-28-,31-29-,35-34-,39-37-,41-38-,48-45-,61-58-. The topological polar surface area (TPSA) is 114 Å². The van der Waals surface area contributed by atoms with Crippen LogP contribution in [0.3, 0.4) is 0 Å². The van der Waals surface area contributed by atoms with Gasteiger partial charge in [-0.25, -0.2) is 0 Å². The van der Waals surface area contributed by atoms with Crippen molar-refractivity contribution in [1.29, 1.82) is 0 Å². The van der Waals surface area contributed by atoms with Crippen molar-refractivity contribution in [1.82, 2.24) is 5.32 Å². The molecule has 460 valence electrons. The summed E-state index contributed by atoms with van der Waals surface area (Å²) in [5, 5.41) is 3.02. The Morgan fingerprint density at radius 1 is 0.438 bits per heavy atom. The molecule has 0 aromatic rings. The Balaban J connectivity index is 5.28. The highest BCUT2D eigenvalue weighted by molar-refractivity contribution is 7.45. The van der Waals surface area contributed by atoms with E-state index in [1.165, 1.54) is 122 Å². The zero-order valence-electron chi connectivity index (χ0n) is 52.5. The number of unbranched alkanes of at least 4 members (excludes halogenated alkanes) is 26. The van der Waals surface area contributed by atoms with E-state index in [-0.39, 0.29) is 24.9 Å². The van der Waals surface area contributed by atoms with Gasteiger partial charge in [0.2, 0.25) is 5.91 Å². The van der Waals surface area contributed by atoms with Crippen LogP contribution < -0.4 is 10.2 Å². The van der Waals surface area contributed by atoms with Gasteiger partial charge in [0, 0.05) is 12.8 Å². The molecule has 0 spiro atoms. The number of allylic oxidation sites excluding steroid dienone is 17. The van der Waals surface area contributed by atoms with Crippen molar-refractivity contribution in [3.63, 3.8) is 0 Å². The maximum absolute atomic E-state index is 13.6. The molecule has 0 heterocycles. The molecule has 0 rings (SSSR count). The normalized spacial score (nSPS) is 14.3. The molecule has 0 saturated heterocycles. The summed E-state index contributed by atoms with van der Waals surface area (Å²) in [7, 11) is 1.15. The molecule has 3 atom stereocenters. The lowest BCUT2D eigenvalue weighted by Gasteiger charge is -2.30. The molecule has 3 unspecified atom stereocenters. The number of ether oxygens (including phenoxy) is 1. The smallest absolute Gasteiger partial charge is 0.306 e. The van der Waals surface area contributed by atoms with Crippen molar-refractivity contribution in [3.8, 4) is 0 Å². The molecule has 0 fully saturated rings. The molecule has 0 aromatic carbocycles. The van der Waals surface area contributed by atoms with Crippen molar-refractivity contribution >= 4 is 19.7 Å². The average Bonchev–Trinajstić information content (AvgIpc) is 3.42. The van der Waals surface area contributed by atoms with Crippen LogP contribution in [0.2, 0.25) is 0 Å². The monoisotopic (exact) mass is 1130 g/mol. The van der Waals surface area contributed by atoms with Gasteiger partial charge in [-0.05, 0) is 122 Å². The van der Waals surface area contributed by atoms with Gasteiger partial charge in [-0.2, -0.15) is 0 Å². The fraction of sp³-hybridized carbons (Fsp3) is 0.714. The molecule has 0 aliphatic carbocycles. The number of esters is 1. The lowest BCUT2D eigenvalue weighted by atomic mass is 10.0. The predicted octanol–water partition coefficient (Wildman–Crippen LogP) is 19.9. The third kappa shape index (κ3) is 59.3. The second-order valence-electron chi connectivity index (χ2n) is 22.9. The fourth-order valence-electron chi connectivity index (χ4n) is 8.84. The molecule has 0 radical (unpaired) electrons. The summed E-state index contributed by atoms with van der Waals surface area (Å²) in [6.45, 7) is 6.75. The first kappa shape index (κ1) is 76.7. The maximum atomic E-state index is 13.6. The number of carbonyl (C=O) groups is 2. The van der Waals surface area contributed by atoms with Crippen LogP contribution in [0, 0.1) is 0 Å². The number of nitrogens with one attached hydrogen (secondary N) is 1. The van der Waals surface area contributed by atoms with E-state index in [0.29, 0.717) is 23.9 Å². The van der Waals surface area contributed by atoms with E-state index in [2.05, 4.69) is 123 Å². The summed E-state index contributed by atoms with van der Waals surface area (Å²) in [6, 6.07) is -0.915. The average molecular weight is 1140 g/mol. The van der Waals surface area contributed by atoms with Gasteiger partial charge in [-0.3, -0.25) is 14.2 Å². The van der Waals surface area contributed by atoms with E-state index in [4.69, 9.17) is 13.8 Å². The molecule has 0 aliphatic rings. The number of phosphoric ester groups is 1. The van der Waals surface area contributed by atoms with E-state index >= 15 is 0 Å². The summed E-state index contributed by atoms with van der Waals surface area (Å²) in [5.74, 6) is -0.593. The molecule has 0 aliphatic heterocycles. The summed E-state index contributed by atoms with van der Waals surface area (Å²) in [6.07, 6.45) is 80.5. The number of rotatable bonds is 58. The van der Waals surface area contributed by atoms with Gasteiger partial charge in [-0.15, -0.1) is 0 Å². The molecule has 10 heteroatoms. The molecule has 80 heavy (non-hydrogen) atoms. The van der Waals surface area contributed by atoms with E-state index in [9.17, 15) is 19.0 Å². The summed E-state index contributed by atoms with van der Waals surface area (Å²) < 4.78 is 30.3. The van der Waals surface area contributed by atoms with Gasteiger partial charge in [0.15, 0.2) is 0 Å². The fourth-order valence-corrected chi connectivity index (χ4v) is 9.56. The van der Waals surface area contributed by atoms with Crippen LogP contribution in [0.5, 0.6) is 0 Å². The highest BCUT2D eigenvalue weighted by Gasteiger charge is 2.27. The molecule has 1 amide bonds. The van der Waals surface area contributed by atoms with Crippen molar-refractivity contribution in [2.45, 2.75) is 283 Å². The van der Waals surface area contributed by atoms with Gasteiger partial charge in [-0.1, -0.05) is 246 Å². The maximum Gasteiger partial charge on any atom is 0.306 e. The van der Waals surface area contributed by atoms with Gasteiger partial charge in [0.05, 0.1) is 33.8 Å². The number of carbonyl (C=O) groups excluding carboxylic acids is 2. The number of nitrogens with zero attached hydrogens (tertiary/aromatic N) is 1. The summed E-state index contributed by atoms with van der Waals surface area (Å²) >= 11 is 0. The Morgan fingerprint density at radius 2 is 0.762 bits per heavy atom. The number of hydrogen-bond donors (Lipinski definition) is 1. The first-order valence-electron chi connectivity index (χ1n) is 32.7.